The van der Waals surface area contributed by atoms with E-state index in [9.17, 15) is 0 Å². The third kappa shape index (κ3) is 3.36. The van der Waals surface area contributed by atoms with Crippen molar-refractivity contribution in [2.24, 2.45) is 0 Å². The Morgan fingerprint density at radius 2 is 1.63 bits per heavy atom. The number of rotatable bonds is 6. The molecule has 2 nitrogen and oxygen atoms in total. The van der Waals surface area contributed by atoms with Crippen LogP contribution in [0.2, 0.25) is 0 Å². The molecule has 2 aromatic rings. The van der Waals surface area contributed by atoms with Gasteiger partial charge in [-0.3, -0.25) is 0 Å². The molecule has 0 saturated heterocycles. The van der Waals surface area contributed by atoms with Gasteiger partial charge in [0, 0.05) is 12.1 Å². The zero-order valence-corrected chi connectivity index (χ0v) is 11.6. The van der Waals surface area contributed by atoms with E-state index in [-0.39, 0.29) is 0 Å². The molecule has 0 aliphatic heterocycles. The molecule has 2 rings (SSSR count). The molecule has 0 heterocycles. The van der Waals surface area contributed by atoms with Crippen LogP contribution in [0.3, 0.4) is 0 Å². The molecule has 19 heavy (non-hydrogen) atoms. The standard InChI is InChI=1S/C17H21NO/c1-3-12-19-17-11-7-6-10-16(17)15-9-5-4-8-14(15)13-18-2/h4-11,18H,3,12-13H2,1-2H3. The number of para-hydroxylation sites is 1. The highest BCUT2D eigenvalue weighted by Gasteiger charge is 2.09. The summed E-state index contributed by atoms with van der Waals surface area (Å²) in [6.07, 6.45) is 1.02. The van der Waals surface area contributed by atoms with E-state index in [2.05, 4.69) is 48.6 Å². The van der Waals surface area contributed by atoms with E-state index >= 15 is 0 Å². The molecule has 0 aliphatic carbocycles. The van der Waals surface area contributed by atoms with E-state index in [0.717, 1.165) is 25.3 Å². The van der Waals surface area contributed by atoms with Crippen molar-refractivity contribution >= 4 is 0 Å². The minimum atomic E-state index is 0.755. The minimum absolute atomic E-state index is 0.755. The first kappa shape index (κ1) is 13.6. The first-order chi connectivity index (χ1) is 9.36. The number of hydrogen-bond donors (Lipinski definition) is 1. The normalized spacial score (nSPS) is 10.4. The molecule has 0 saturated carbocycles. The summed E-state index contributed by atoms with van der Waals surface area (Å²) in [5, 5.41) is 3.22. The van der Waals surface area contributed by atoms with Crippen molar-refractivity contribution in [3.8, 4) is 16.9 Å². The number of ether oxygens (including phenoxy) is 1. The molecule has 2 heteroatoms. The molecule has 0 atom stereocenters. The second-order valence-electron chi connectivity index (χ2n) is 4.53. The highest BCUT2D eigenvalue weighted by molar-refractivity contribution is 5.73. The SMILES string of the molecule is CCCOc1ccccc1-c1ccccc1CNC. The third-order valence-corrected chi connectivity index (χ3v) is 3.02. The van der Waals surface area contributed by atoms with Gasteiger partial charge in [0.15, 0.2) is 0 Å². The van der Waals surface area contributed by atoms with Crippen molar-refractivity contribution in [3.05, 3.63) is 54.1 Å². The Balaban J connectivity index is 2.40. The van der Waals surface area contributed by atoms with Crippen LogP contribution in [0.4, 0.5) is 0 Å². The summed E-state index contributed by atoms with van der Waals surface area (Å²) in [7, 11) is 1.97. The van der Waals surface area contributed by atoms with Crippen molar-refractivity contribution in [3.63, 3.8) is 0 Å². The van der Waals surface area contributed by atoms with Gasteiger partial charge in [-0.2, -0.15) is 0 Å². The second-order valence-corrected chi connectivity index (χ2v) is 4.53. The lowest BCUT2D eigenvalue weighted by atomic mass is 9.99. The summed E-state index contributed by atoms with van der Waals surface area (Å²) < 4.78 is 5.85. The van der Waals surface area contributed by atoms with Gasteiger partial charge in [0.1, 0.15) is 5.75 Å². The Labute approximate surface area is 115 Å². The van der Waals surface area contributed by atoms with Gasteiger partial charge >= 0.3 is 0 Å². The average Bonchev–Trinajstić information content (AvgIpc) is 2.46. The van der Waals surface area contributed by atoms with E-state index in [0.29, 0.717) is 0 Å². The molecule has 0 aromatic heterocycles. The lowest BCUT2D eigenvalue weighted by molar-refractivity contribution is 0.318. The van der Waals surface area contributed by atoms with Gasteiger partial charge in [-0.05, 0) is 30.7 Å². The Morgan fingerprint density at radius 3 is 2.37 bits per heavy atom. The van der Waals surface area contributed by atoms with Crippen LogP contribution < -0.4 is 10.1 Å². The maximum absolute atomic E-state index is 5.85. The molecule has 100 valence electrons. The van der Waals surface area contributed by atoms with Crippen molar-refractivity contribution < 1.29 is 4.74 Å². The first-order valence-electron chi connectivity index (χ1n) is 6.81. The van der Waals surface area contributed by atoms with Crippen molar-refractivity contribution in [2.45, 2.75) is 19.9 Å². The van der Waals surface area contributed by atoms with Gasteiger partial charge in [-0.25, -0.2) is 0 Å². The van der Waals surface area contributed by atoms with Gasteiger partial charge < -0.3 is 10.1 Å². The summed E-state index contributed by atoms with van der Waals surface area (Å²) >= 11 is 0. The number of hydrogen-bond acceptors (Lipinski definition) is 2. The largest absolute Gasteiger partial charge is 0.493 e. The fourth-order valence-electron chi connectivity index (χ4n) is 2.15. The van der Waals surface area contributed by atoms with Crippen molar-refractivity contribution in [2.75, 3.05) is 13.7 Å². The van der Waals surface area contributed by atoms with E-state index in [1.807, 2.05) is 19.2 Å². The fourth-order valence-corrected chi connectivity index (χ4v) is 2.15. The topological polar surface area (TPSA) is 21.3 Å². The summed E-state index contributed by atoms with van der Waals surface area (Å²) in [6, 6.07) is 16.7. The smallest absolute Gasteiger partial charge is 0.127 e. The predicted octanol–water partition coefficient (Wildman–Crippen LogP) is 3.86. The van der Waals surface area contributed by atoms with Gasteiger partial charge in [-0.1, -0.05) is 49.4 Å². The van der Waals surface area contributed by atoms with Crippen LogP contribution in [-0.4, -0.2) is 13.7 Å². The summed E-state index contributed by atoms with van der Waals surface area (Å²) in [6.45, 7) is 3.74. The first-order valence-corrected chi connectivity index (χ1v) is 6.81. The molecule has 2 aromatic carbocycles. The summed E-state index contributed by atoms with van der Waals surface area (Å²) in [4.78, 5) is 0. The van der Waals surface area contributed by atoms with Gasteiger partial charge in [0.05, 0.1) is 6.61 Å². The molecule has 0 bridgehead atoms. The number of nitrogens with one attached hydrogen (secondary N) is 1. The molecule has 0 fully saturated rings. The lowest BCUT2D eigenvalue weighted by Crippen LogP contribution is -2.06. The average molecular weight is 255 g/mol. The Morgan fingerprint density at radius 1 is 0.947 bits per heavy atom. The molecule has 0 radical (unpaired) electrons. The van der Waals surface area contributed by atoms with Gasteiger partial charge in [0.2, 0.25) is 0 Å². The minimum Gasteiger partial charge on any atom is -0.493 e. The third-order valence-electron chi connectivity index (χ3n) is 3.02. The monoisotopic (exact) mass is 255 g/mol. The van der Waals surface area contributed by atoms with Crippen LogP contribution in [0.5, 0.6) is 5.75 Å². The van der Waals surface area contributed by atoms with E-state index in [1.54, 1.807) is 0 Å². The van der Waals surface area contributed by atoms with Crippen LogP contribution in [0.1, 0.15) is 18.9 Å². The Kier molecular flexibility index (Phi) is 4.99. The Bertz CT molecular complexity index is 522. The van der Waals surface area contributed by atoms with Crippen LogP contribution in [0.15, 0.2) is 48.5 Å². The fraction of sp³-hybridized carbons (Fsp3) is 0.294. The molecule has 0 unspecified atom stereocenters. The summed E-state index contributed by atoms with van der Waals surface area (Å²) in [5.74, 6) is 0.966. The van der Waals surface area contributed by atoms with E-state index in [1.165, 1.54) is 16.7 Å². The van der Waals surface area contributed by atoms with Crippen molar-refractivity contribution in [1.29, 1.82) is 0 Å². The highest BCUT2D eigenvalue weighted by atomic mass is 16.5. The maximum Gasteiger partial charge on any atom is 0.127 e. The van der Waals surface area contributed by atoms with Crippen LogP contribution in [-0.2, 0) is 6.54 Å². The van der Waals surface area contributed by atoms with Crippen LogP contribution in [0.25, 0.3) is 11.1 Å². The van der Waals surface area contributed by atoms with Gasteiger partial charge in [-0.15, -0.1) is 0 Å². The molecular weight excluding hydrogens is 234 g/mol. The molecular formula is C17H21NO. The van der Waals surface area contributed by atoms with Crippen molar-refractivity contribution in [1.82, 2.24) is 5.32 Å². The Hall–Kier alpha value is -1.80. The van der Waals surface area contributed by atoms with Gasteiger partial charge in [0.25, 0.3) is 0 Å². The van der Waals surface area contributed by atoms with E-state index in [4.69, 9.17) is 4.74 Å². The van der Waals surface area contributed by atoms with Crippen LogP contribution in [0, 0.1) is 0 Å². The zero-order valence-electron chi connectivity index (χ0n) is 11.6. The predicted molar refractivity (Wildman–Crippen MR) is 80.4 cm³/mol. The molecule has 0 amide bonds. The molecule has 0 spiro atoms. The number of benzene rings is 2. The summed E-state index contributed by atoms with van der Waals surface area (Å²) in [5.41, 5.74) is 3.70. The quantitative estimate of drug-likeness (QED) is 0.846. The highest BCUT2D eigenvalue weighted by Crippen LogP contribution is 2.32. The van der Waals surface area contributed by atoms with Crippen LogP contribution >= 0.6 is 0 Å². The zero-order chi connectivity index (χ0) is 13.5. The lowest BCUT2D eigenvalue weighted by Gasteiger charge is -2.14. The van der Waals surface area contributed by atoms with E-state index < -0.39 is 0 Å². The second kappa shape index (κ2) is 6.95. The molecule has 0 aliphatic rings. The molecule has 1 N–H and O–H groups in total. The maximum atomic E-state index is 5.85.